The van der Waals surface area contributed by atoms with E-state index in [1.807, 2.05) is 26.0 Å². The number of benzene rings is 1. The molecule has 22 heavy (non-hydrogen) atoms. The lowest BCUT2D eigenvalue weighted by Crippen LogP contribution is -2.39. The Labute approximate surface area is 131 Å². The molecule has 3 rings (SSSR count). The van der Waals surface area contributed by atoms with Crippen LogP contribution in [0.5, 0.6) is 5.75 Å². The van der Waals surface area contributed by atoms with Crippen molar-refractivity contribution in [2.45, 2.75) is 26.4 Å². The zero-order valence-electron chi connectivity index (χ0n) is 12.2. The number of thiazole rings is 1. The molecule has 0 fully saturated rings. The number of hydrogen-bond donors (Lipinski definition) is 2. The first-order valence-electron chi connectivity index (χ1n) is 6.83. The Kier molecular flexibility index (Phi) is 3.81. The maximum Gasteiger partial charge on any atom is 0.266 e. The van der Waals surface area contributed by atoms with Gasteiger partial charge >= 0.3 is 0 Å². The van der Waals surface area contributed by atoms with Gasteiger partial charge in [-0.2, -0.15) is 0 Å². The van der Waals surface area contributed by atoms with Gasteiger partial charge in [0.2, 0.25) is 5.91 Å². The zero-order chi connectivity index (χ0) is 15.7. The Morgan fingerprint density at radius 2 is 2.18 bits per heavy atom. The third-order valence-electron chi connectivity index (χ3n) is 3.35. The van der Waals surface area contributed by atoms with E-state index < -0.39 is 6.10 Å². The molecule has 0 aliphatic carbocycles. The second-order valence-electron chi connectivity index (χ2n) is 5.00. The van der Waals surface area contributed by atoms with Gasteiger partial charge in [-0.1, -0.05) is 12.1 Å². The molecule has 1 aliphatic heterocycles. The molecule has 0 spiro atoms. The van der Waals surface area contributed by atoms with Crippen LogP contribution in [0, 0.1) is 13.8 Å². The van der Waals surface area contributed by atoms with E-state index in [2.05, 4.69) is 15.6 Å². The SMILES string of the molecule is Cc1nc(NC(=O)CC2Oc3ccccc3NC2=O)sc1C. The minimum absolute atomic E-state index is 0.0577. The van der Waals surface area contributed by atoms with Crippen LogP contribution < -0.4 is 15.4 Å². The van der Waals surface area contributed by atoms with Crippen LogP contribution in [-0.2, 0) is 9.59 Å². The lowest BCUT2D eigenvalue weighted by atomic mass is 10.1. The monoisotopic (exact) mass is 317 g/mol. The van der Waals surface area contributed by atoms with Gasteiger partial charge < -0.3 is 15.4 Å². The number of aromatic nitrogens is 1. The van der Waals surface area contributed by atoms with Crippen molar-refractivity contribution in [2.75, 3.05) is 10.6 Å². The average molecular weight is 317 g/mol. The van der Waals surface area contributed by atoms with Gasteiger partial charge in [-0.15, -0.1) is 11.3 Å². The lowest BCUT2D eigenvalue weighted by Gasteiger charge is -2.25. The third kappa shape index (κ3) is 2.94. The van der Waals surface area contributed by atoms with E-state index in [1.165, 1.54) is 11.3 Å². The molecule has 0 saturated heterocycles. The Balaban J connectivity index is 1.65. The fourth-order valence-corrected chi connectivity index (χ4v) is 2.92. The molecule has 0 saturated carbocycles. The van der Waals surface area contributed by atoms with E-state index in [1.54, 1.807) is 12.1 Å². The van der Waals surface area contributed by atoms with E-state index in [-0.39, 0.29) is 18.2 Å². The summed E-state index contributed by atoms with van der Waals surface area (Å²) >= 11 is 1.41. The zero-order valence-corrected chi connectivity index (χ0v) is 13.0. The Hall–Kier alpha value is -2.41. The van der Waals surface area contributed by atoms with E-state index in [0.29, 0.717) is 16.6 Å². The van der Waals surface area contributed by atoms with Crippen LogP contribution >= 0.6 is 11.3 Å². The molecule has 2 N–H and O–H groups in total. The molecular weight excluding hydrogens is 302 g/mol. The normalized spacial score (nSPS) is 16.5. The van der Waals surface area contributed by atoms with E-state index in [0.717, 1.165) is 10.6 Å². The highest BCUT2D eigenvalue weighted by Crippen LogP contribution is 2.29. The van der Waals surface area contributed by atoms with Crippen molar-refractivity contribution in [2.24, 2.45) is 0 Å². The third-order valence-corrected chi connectivity index (χ3v) is 4.34. The van der Waals surface area contributed by atoms with Crippen LogP contribution in [0.3, 0.4) is 0 Å². The first kappa shape index (κ1) is 14.5. The number of fused-ring (bicyclic) bond motifs is 1. The summed E-state index contributed by atoms with van der Waals surface area (Å²) in [5, 5.41) is 5.98. The summed E-state index contributed by atoms with van der Waals surface area (Å²) in [6.07, 6.45) is -0.894. The second kappa shape index (κ2) is 5.76. The van der Waals surface area contributed by atoms with Crippen molar-refractivity contribution in [3.05, 3.63) is 34.8 Å². The Bertz CT molecular complexity index is 722. The number of hydrogen-bond acceptors (Lipinski definition) is 5. The van der Waals surface area contributed by atoms with Crippen LogP contribution in [-0.4, -0.2) is 22.9 Å². The molecule has 1 aromatic carbocycles. The van der Waals surface area contributed by atoms with Gasteiger partial charge in [-0.3, -0.25) is 9.59 Å². The second-order valence-corrected chi connectivity index (χ2v) is 6.21. The van der Waals surface area contributed by atoms with Crippen molar-refractivity contribution in [3.8, 4) is 5.75 Å². The Morgan fingerprint density at radius 3 is 2.91 bits per heavy atom. The number of para-hydroxylation sites is 2. The molecule has 2 heterocycles. The van der Waals surface area contributed by atoms with E-state index in [4.69, 9.17) is 4.74 Å². The topological polar surface area (TPSA) is 80.3 Å². The van der Waals surface area contributed by atoms with Crippen LogP contribution in [0.15, 0.2) is 24.3 Å². The van der Waals surface area contributed by atoms with Crippen LogP contribution in [0.2, 0.25) is 0 Å². The molecule has 114 valence electrons. The summed E-state index contributed by atoms with van der Waals surface area (Å²) in [5.41, 5.74) is 1.51. The van der Waals surface area contributed by atoms with Gasteiger partial charge in [0.15, 0.2) is 11.2 Å². The molecule has 1 atom stereocenters. The van der Waals surface area contributed by atoms with Crippen molar-refractivity contribution < 1.29 is 14.3 Å². The minimum Gasteiger partial charge on any atom is -0.478 e. The average Bonchev–Trinajstić information content (AvgIpc) is 2.78. The number of nitrogens with one attached hydrogen (secondary N) is 2. The number of rotatable bonds is 3. The number of nitrogens with zero attached hydrogens (tertiary/aromatic N) is 1. The van der Waals surface area contributed by atoms with E-state index >= 15 is 0 Å². The molecular formula is C15H15N3O3S. The van der Waals surface area contributed by atoms with Crippen molar-refractivity contribution in [3.63, 3.8) is 0 Å². The van der Waals surface area contributed by atoms with Gasteiger partial charge in [0.1, 0.15) is 5.75 Å². The molecule has 1 aliphatic rings. The largest absolute Gasteiger partial charge is 0.478 e. The van der Waals surface area contributed by atoms with Gasteiger partial charge in [-0.05, 0) is 26.0 Å². The fraction of sp³-hybridized carbons (Fsp3) is 0.267. The Morgan fingerprint density at radius 1 is 1.41 bits per heavy atom. The van der Waals surface area contributed by atoms with Crippen molar-refractivity contribution in [1.29, 1.82) is 0 Å². The predicted molar refractivity (Wildman–Crippen MR) is 84.3 cm³/mol. The highest BCUT2D eigenvalue weighted by atomic mass is 32.1. The van der Waals surface area contributed by atoms with Crippen molar-refractivity contribution >= 4 is 34.0 Å². The van der Waals surface area contributed by atoms with E-state index in [9.17, 15) is 9.59 Å². The molecule has 2 amide bonds. The van der Waals surface area contributed by atoms with Gasteiger partial charge in [0, 0.05) is 4.88 Å². The number of carbonyl (C=O) groups excluding carboxylic acids is 2. The predicted octanol–water partition coefficient (Wildman–Crippen LogP) is 2.49. The molecule has 1 unspecified atom stereocenters. The maximum atomic E-state index is 12.1. The first-order chi connectivity index (χ1) is 10.5. The van der Waals surface area contributed by atoms with Gasteiger partial charge in [0.25, 0.3) is 5.91 Å². The summed E-state index contributed by atoms with van der Waals surface area (Å²) in [6.45, 7) is 3.83. The highest BCUT2D eigenvalue weighted by Gasteiger charge is 2.29. The lowest BCUT2D eigenvalue weighted by molar-refractivity contribution is -0.128. The van der Waals surface area contributed by atoms with Gasteiger partial charge in [0.05, 0.1) is 17.8 Å². The fourth-order valence-electron chi connectivity index (χ4n) is 2.09. The molecule has 7 heteroatoms. The quantitative estimate of drug-likeness (QED) is 0.911. The molecule has 6 nitrogen and oxygen atoms in total. The number of aryl methyl sites for hydroxylation is 2. The number of carbonyl (C=O) groups is 2. The minimum atomic E-state index is -0.836. The maximum absolute atomic E-state index is 12.1. The highest BCUT2D eigenvalue weighted by molar-refractivity contribution is 7.15. The van der Waals surface area contributed by atoms with Crippen LogP contribution in [0.25, 0.3) is 0 Å². The summed E-state index contributed by atoms with van der Waals surface area (Å²) in [6, 6.07) is 7.13. The van der Waals surface area contributed by atoms with Gasteiger partial charge in [-0.25, -0.2) is 4.98 Å². The number of anilines is 2. The summed E-state index contributed by atoms with van der Waals surface area (Å²) < 4.78 is 5.59. The standard InChI is InChI=1S/C15H15N3O3S/c1-8-9(2)22-15(16-8)18-13(19)7-12-14(20)17-10-5-3-4-6-11(10)21-12/h3-6,12H,7H2,1-2H3,(H,17,20)(H,16,18,19). The summed E-state index contributed by atoms with van der Waals surface area (Å²) in [7, 11) is 0. The first-order valence-corrected chi connectivity index (χ1v) is 7.65. The molecule has 2 aromatic rings. The molecule has 0 bridgehead atoms. The van der Waals surface area contributed by atoms with Crippen molar-refractivity contribution in [1.82, 2.24) is 4.98 Å². The number of ether oxygens (including phenoxy) is 1. The van der Waals surface area contributed by atoms with Crippen LogP contribution in [0.4, 0.5) is 10.8 Å². The molecule has 1 aromatic heterocycles. The smallest absolute Gasteiger partial charge is 0.266 e. The summed E-state index contributed by atoms with van der Waals surface area (Å²) in [4.78, 5) is 29.3. The molecule has 0 radical (unpaired) electrons. The number of amides is 2. The van der Waals surface area contributed by atoms with Crippen LogP contribution in [0.1, 0.15) is 17.0 Å². The summed E-state index contributed by atoms with van der Waals surface area (Å²) in [5.74, 6) is -0.0468.